The first-order valence-electron chi connectivity index (χ1n) is 4.79. The summed E-state index contributed by atoms with van der Waals surface area (Å²) < 4.78 is 15.8. The van der Waals surface area contributed by atoms with Gasteiger partial charge in [0.2, 0.25) is 0 Å². The molecule has 82 valence electrons. The van der Waals surface area contributed by atoms with E-state index in [4.69, 9.17) is 12.3 Å². The van der Waals surface area contributed by atoms with Crippen LogP contribution >= 0.6 is 0 Å². The van der Waals surface area contributed by atoms with E-state index in [0.29, 0.717) is 0 Å². The maximum Gasteiger partial charge on any atom is 0.284 e. The predicted octanol–water partition coefficient (Wildman–Crippen LogP) is -1.93. The van der Waals surface area contributed by atoms with Gasteiger partial charge in [-0.1, -0.05) is 42.1 Å². The molecule has 0 aromatic heterocycles. The van der Waals surface area contributed by atoms with Crippen molar-refractivity contribution in [3.8, 4) is 0 Å². The lowest BCUT2D eigenvalue weighted by Crippen LogP contribution is -2.11. The van der Waals surface area contributed by atoms with Crippen LogP contribution in [-0.4, -0.2) is 40.3 Å². The van der Waals surface area contributed by atoms with Crippen LogP contribution in [0.3, 0.4) is 0 Å². The van der Waals surface area contributed by atoms with E-state index in [-0.39, 0.29) is 0 Å². The first-order chi connectivity index (χ1) is 7.43. The fourth-order valence-electron chi connectivity index (χ4n) is 1.04. The average molecular weight is 273 g/mol. The van der Waals surface area contributed by atoms with E-state index in [2.05, 4.69) is 23.9 Å². The molecule has 0 spiro atoms. The molecule has 0 aliphatic rings. The van der Waals surface area contributed by atoms with E-state index in [1.807, 2.05) is 18.2 Å². The second-order valence-corrected chi connectivity index (χ2v) is 9.76. The summed E-state index contributed by atoms with van der Waals surface area (Å²) in [4.78, 5) is 0. The van der Waals surface area contributed by atoms with E-state index in [0.717, 1.165) is 10.5 Å². The first-order valence-corrected chi connectivity index (χ1v) is 9.31. The van der Waals surface area contributed by atoms with Gasteiger partial charge in [0.05, 0.1) is 0 Å². The molecule has 0 atom stereocenters. The van der Waals surface area contributed by atoms with E-state index in [9.17, 15) is 0 Å². The summed E-state index contributed by atoms with van der Waals surface area (Å²) in [6.07, 6.45) is 2.11. The van der Waals surface area contributed by atoms with Crippen LogP contribution in [0.5, 0.6) is 0 Å². The van der Waals surface area contributed by atoms with Crippen molar-refractivity contribution in [2.24, 2.45) is 0 Å². The summed E-state index contributed by atoms with van der Waals surface area (Å²) in [6.45, 7) is 0. The number of rotatable bonds is 7. The van der Waals surface area contributed by atoms with E-state index in [1.54, 1.807) is 0 Å². The van der Waals surface area contributed by atoms with Gasteiger partial charge in [-0.3, -0.25) is 0 Å². The molecule has 0 aliphatic carbocycles. The molecule has 3 nitrogen and oxygen atoms in total. The molecule has 1 aromatic carbocycles. The van der Waals surface area contributed by atoms with Gasteiger partial charge in [-0.2, -0.15) is 0 Å². The van der Waals surface area contributed by atoms with Crippen LogP contribution in [0, 0.1) is 0 Å². The second kappa shape index (κ2) is 8.97. The zero-order chi connectivity index (χ0) is 10.8. The SMILES string of the molecule is [SiH3]O[SiH2]O[SiH2]O[SiH2]C=Cc1ccccc1. The third-order valence-corrected chi connectivity index (χ3v) is 6.01. The number of hydrogen-bond donors (Lipinski definition) is 0. The minimum atomic E-state index is -0.730. The Morgan fingerprint density at radius 2 is 1.87 bits per heavy atom. The molecular weight excluding hydrogens is 256 g/mol. The Hall–Kier alpha value is -0.292. The van der Waals surface area contributed by atoms with Crippen LogP contribution < -0.4 is 0 Å². The Morgan fingerprint density at radius 1 is 1.07 bits per heavy atom. The van der Waals surface area contributed by atoms with Crippen molar-refractivity contribution in [2.45, 2.75) is 0 Å². The summed E-state index contributed by atoms with van der Waals surface area (Å²) in [5.41, 5.74) is 3.38. The summed E-state index contributed by atoms with van der Waals surface area (Å²) in [7, 11) is -1.13. The third kappa shape index (κ3) is 6.73. The van der Waals surface area contributed by atoms with Gasteiger partial charge in [-0.15, -0.1) is 0 Å². The van der Waals surface area contributed by atoms with Crippen molar-refractivity contribution in [1.29, 1.82) is 0 Å². The minimum absolute atomic E-state index is 0.526. The Kier molecular flexibility index (Phi) is 7.64. The highest BCUT2D eigenvalue weighted by molar-refractivity contribution is 6.47. The van der Waals surface area contributed by atoms with Gasteiger partial charge < -0.3 is 12.3 Å². The smallest absolute Gasteiger partial charge is 0.284 e. The molecule has 0 N–H and O–H groups in total. The molecule has 0 heterocycles. The lowest BCUT2D eigenvalue weighted by atomic mass is 10.2. The lowest BCUT2D eigenvalue weighted by Gasteiger charge is -2.01. The summed E-state index contributed by atoms with van der Waals surface area (Å²) in [5, 5.41) is 0. The van der Waals surface area contributed by atoms with Gasteiger partial charge in [-0.25, -0.2) is 0 Å². The van der Waals surface area contributed by atoms with Crippen LogP contribution in [0.2, 0.25) is 0 Å². The van der Waals surface area contributed by atoms with Crippen molar-refractivity contribution in [1.82, 2.24) is 0 Å². The molecule has 1 aromatic rings. The Bertz CT molecular complexity index is 280. The Morgan fingerprint density at radius 3 is 2.60 bits per heavy atom. The van der Waals surface area contributed by atoms with Crippen LogP contribution in [-0.2, 0) is 12.3 Å². The van der Waals surface area contributed by atoms with Crippen LogP contribution in [0.4, 0.5) is 0 Å². The van der Waals surface area contributed by atoms with Crippen molar-refractivity contribution < 1.29 is 12.3 Å². The van der Waals surface area contributed by atoms with Crippen LogP contribution in [0.1, 0.15) is 5.56 Å². The largest absolute Gasteiger partial charge is 0.449 e. The van der Waals surface area contributed by atoms with Gasteiger partial charge in [0.1, 0.15) is 10.5 Å². The summed E-state index contributed by atoms with van der Waals surface area (Å²) >= 11 is 0. The summed E-state index contributed by atoms with van der Waals surface area (Å²) in [6, 6.07) is 10.3. The standard InChI is InChI=1S/C8H16O3Si4/c12-9-14-11-15-10-13-7-6-8-4-2-1-3-5-8/h1-7H,13-15H2,12H3. The molecule has 0 aliphatic heterocycles. The maximum absolute atomic E-state index is 5.50. The molecule has 0 saturated heterocycles. The molecule has 0 amide bonds. The molecule has 15 heavy (non-hydrogen) atoms. The molecule has 7 heteroatoms. The molecule has 1 rings (SSSR count). The highest BCUT2D eigenvalue weighted by Gasteiger charge is 1.87. The predicted molar refractivity (Wildman–Crippen MR) is 74.3 cm³/mol. The highest BCUT2D eigenvalue weighted by Crippen LogP contribution is 1.99. The molecule has 0 fully saturated rings. The number of hydrogen-bond acceptors (Lipinski definition) is 3. The molecular formula is C8H16O3Si4. The van der Waals surface area contributed by atoms with Crippen molar-refractivity contribution in [3.63, 3.8) is 0 Å². The molecule has 0 radical (unpaired) electrons. The second-order valence-electron chi connectivity index (χ2n) is 2.91. The molecule has 0 unspecified atom stereocenters. The fourth-order valence-corrected chi connectivity index (χ4v) is 6.31. The lowest BCUT2D eigenvalue weighted by molar-refractivity contribution is 0.440. The van der Waals surface area contributed by atoms with E-state index >= 15 is 0 Å². The van der Waals surface area contributed by atoms with Gasteiger partial charge in [0.15, 0.2) is 9.76 Å². The number of benzene rings is 1. The van der Waals surface area contributed by atoms with Crippen LogP contribution in [0.25, 0.3) is 6.08 Å². The monoisotopic (exact) mass is 272 g/mol. The first kappa shape index (κ1) is 12.8. The average Bonchev–Trinajstić information content (AvgIpc) is 2.29. The maximum atomic E-state index is 5.50. The van der Waals surface area contributed by atoms with Crippen LogP contribution in [0.15, 0.2) is 36.0 Å². The van der Waals surface area contributed by atoms with Crippen molar-refractivity contribution in [2.75, 3.05) is 0 Å². The quantitative estimate of drug-likeness (QED) is 0.427. The Labute approximate surface area is 100 Å². The zero-order valence-electron chi connectivity index (χ0n) is 8.89. The van der Waals surface area contributed by atoms with Gasteiger partial charge in [0, 0.05) is 0 Å². The van der Waals surface area contributed by atoms with Gasteiger partial charge in [-0.05, 0) is 5.56 Å². The zero-order valence-corrected chi connectivity index (χ0v) is 15.1. The normalized spacial score (nSPS) is 13.6. The Balaban J connectivity index is 2.07. The highest BCUT2D eigenvalue weighted by atomic mass is 28.4. The fraction of sp³-hybridized carbons (Fsp3) is 0. The van der Waals surface area contributed by atoms with E-state index < -0.39 is 29.8 Å². The van der Waals surface area contributed by atoms with Crippen molar-refractivity contribution in [3.05, 3.63) is 41.6 Å². The van der Waals surface area contributed by atoms with Gasteiger partial charge in [0.25, 0.3) is 20.0 Å². The minimum Gasteiger partial charge on any atom is -0.449 e. The molecule has 0 saturated carbocycles. The molecule has 0 bridgehead atoms. The third-order valence-electron chi connectivity index (χ3n) is 1.69. The summed E-state index contributed by atoms with van der Waals surface area (Å²) in [5.74, 6) is 0. The topological polar surface area (TPSA) is 27.7 Å². The van der Waals surface area contributed by atoms with Crippen molar-refractivity contribution >= 4 is 46.3 Å². The van der Waals surface area contributed by atoms with E-state index in [1.165, 1.54) is 5.56 Å². The van der Waals surface area contributed by atoms with Gasteiger partial charge >= 0.3 is 0 Å².